The minimum Gasteiger partial charge on any atom is -0.459 e. The Hall–Kier alpha value is -2.91. The lowest BCUT2D eigenvalue weighted by molar-refractivity contribution is -0.116. The number of dihydropyridines is 1. The Kier molecular flexibility index (Phi) is 5.50. The first-order valence-corrected chi connectivity index (χ1v) is 10.4. The molecule has 2 aliphatic heterocycles. The highest BCUT2D eigenvalue weighted by Crippen LogP contribution is 2.49. The van der Waals surface area contributed by atoms with Gasteiger partial charge in [-0.15, -0.1) is 0 Å². The summed E-state index contributed by atoms with van der Waals surface area (Å²) in [4.78, 5) is 20.6. The molecular formula is C22H24F4N4O2. The van der Waals surface area contributed by atoms with E-state index in [-0.39, 0.29) is 43.7 Å². The lowest BCUT2D eigenvalue weighted by Gasteiger charge is -2.47. The summed E-state index contributed by atoms with van der Waals surface area (Å²) in [5.41, 5.74) is 4.21. The Labute approximate surface area is 182 Å². The highest BCUT2D eigenvalue weighted by Gasteiger charge is 2.51. The third-order valence-corrected chi connectivity index (χ3v) is 6.19. The molecule has 6 nitrogen and oxygen atoms in total. The molecule has 10 heteroatoms. The second kappa shape index (κ2) is 7.90. The average Bonchev–Trinajstić information content (AvgIpc) is 2.72. The van der Waals surface area contributed by atoms with E-state index in [1.807, 2.05) is 0 Å². The quantitative estimate of drug-likeness (QED) is 0.537. The normalized spacial score (nSPS) is 30.5. The number of rotatable bonds is 3. The van der Waals surface area contributed by atoms with E-state index in [4.69, 9.17) is 10.5 Å². The van der Waals surface area contributed by atoms with Gasteiger partial charge in [0.25, 0.3) is 11.9 Å². The van der Waals surface area contributed by atoms with Gasteiger partial charge >= 0.3 is 0 Å². The summed E-state index contributed by atoms with van der Waals surface area (Å²) in [7, 11) is 0. The summed E-state index contributed by atoms with van der Waals surface area (Å²) in [6.07, 6.45) is 1.90. The lowest BCUT2D eigenvalue weighted by Crippen LogP contribution is -2.51. The number of hydrogen-bond donors (Lipinski definition) is 2. The van der Waals surface area contributed by atoms with Gasteiger partial charge in [-0.2, -0.15) is 0 Å². The second-order valence-corrected chi connectivity index (χ2v) is 8.80. The largest absolute Gasteiger partial charge is 0.459 e. The molecule has 3 aliphatic rings. The standard InChI is InChI=1S/C22H24F4N4O2/c1-20(12-21(32-19(27)30-20)6-8-22(25,26)9-7-21)15-10-14(3-4-16(15)24)29-18(31)17-5-2-13(23)11-28-17/h2-5,10-11,13,17H,6-9,12H2,1H3,(H2,27,30)(H,29,31). The summed E-state index contributed by atoms with van der Waals surface area (Å²) in [5.74, 6) is -3.84. The number of nitrogens with two attached hydrogens (primary N) is 1. The molecule has 4 rings (SSSR count). The molecule has 1 saturated carbocycles. The Morgan fingerprint density at radius 1 is 1.22 bits per heavy atom. The molecule has 1 aromatic carbocycles. The van der Waals surface area contributed by atoms with E-state index < -0.39 is 41.0 Å². The van der Waals surface area contributed by atoms with Crippen molar-refractivity contribution >= 4 is 23.8 Å². The second-order valence-electron chi connectivity index (χ2n) is 8.80. The first-order chi connectivity index (χ1) is 15.0. The number of benzene rings is 1. The van der Waals surface area contributed by atoms with E-state index in [1.54, 1.807) is 6.92 Å². The van der Waals surface area contributed by atoms with E-state index in [2.05, 4.69) is 15.3 Å². The maximum Gasteiger partial charge on any atom is 0.283 e. The Morgan fingerprint density at radius 2 is 1.94 bits per heavy atom. The number of nitrogens with one attached hydrogen (secondary N) is 1. The molecule has 1 aromatic rings. The number of amidine groups is 1. The van der Waals surface area contributed by atoms with Crippen molar-refractivity contribution in [2.45, 2.75) is 68.3 Å². The van der Waals surface area contributed by atoms with E-state index in [0.717, 1.165) is 6.21 Å². The highest BCUT2D eigenvalue weighted by molar-refractivity contribution is 5.97. The van der Waals surface area contributed by atoms with Gasteiger partial charge in [-0.1, -0.05) is 6.08 Å². The van der Waals surface area contributed by atoms with Crippen LogP contribution in [0.5, 0.6) is 0 Å². The van der Waals surface area contributed by atoms with Crippen LogP contribution in [-0.4, -0.2) is 41.9 Å². The molecule has 0 saturated heterocycles. The van der Waals surface area contributed by atoms with E-state index in [9.17, 15) is 22.4 Å². The molecule has 1 aliphatic carbocycles. The van der Waals surface area contributed by atoms with Crippen LogP contribution in [-0.2, 0) is 15.1 Å². The summed E-state index contributed by atoms with van der Waals surface area (Å²) >= 11 is 0. The van der Waals surface area contributed by atoms with Crippen molar-refractivity contribution in [3.63, 3.8) is 0 Å². The number of anilines is 1. The molecule has 3 atom stereocenters. The lowest BCUT2D eigenvalue weighted by atomic mass is 9.72. The number of hydrogen-bond acceptors (Lipinski definition) is 5. The van der Waals surface area contributed by atoms with Crippen LogP contribution < -0.4 is 11.1 Å². The van der Waals surface area contributed by atoms with Crippen LogP contribution in [0.3, 0.4) is 0 Å². The molecule has 1 spiro atoms. The Balaban J connectivity index is 1.58. The number of halogens is 4. The zero-order chi connectivity index (χ0) is 23.1. The third kappa shape index (κ3) is 4.49. The molecule has 1 fully saturated rings. The third-order valence-electron chi connectivity index (χ3n) is 6.19. The van der Waals surface area contributed by atoms with Crippen molar-refractivity contribution in [1.29, 1.82) is 0 Å². The van der Waals surface area contributed by atoms with Crippen molar-refractivity contribution in [2.24, 2.45) is 15.7 Å². The van der Waals surface area contributed by atoms with Crippen molar-refractivity contribution in [2.75, 3.05) is 5.32 Å². The van der Waals surface area contributed by atoms with E-state index >= 15 is 0 Å². The topological polar surface area (TPSA) is 89.1 Å². The van der Waals surface area contributed by atoms with Gasteiger partial charge in [0, 0.05) is 36.7 Å². The summed E-state index contributed by atoms with van der Waals surface area (Å²) < 4.78 is 61.1. The first kappa shape index (κ1) is 22.3. The van der Waals surface area contributed by atoms with Gasteiger partial charge in [0.1, 0.15) is 17.5 Å². The maximum absolute atomic E-state index is 14.9. The molecule has 1 amide bonds. The van der Waals surface area contributed by atoms with Crippen LogP contribution in [0.2, 0.25) is 0 Å². The van der Waals surface area contributed by atoms with Gasteiger partial charge in [-0.05, 0) is 44.0 Å². The number of alkyl halides is 3. The summed E-state index contributed by atoms with van der Waals surface area (Å²) in [5, 5.41) is 2.64. The molecule has 32 heavy (non-hydrogen) atoms. The zero-order valence-corrected chi connectivity index (χ0v) is 17.5. The van der Waals surface area contributed by atoms with Gasteiger partial charge in [0.05, 0.1) is 5.54 Å². The monoisotopic (exact) mass is 452 g/mol. The van der Waals surface area contributed by atoms with Crippen LogP contribution in [0.4, 0.5) is 23.2 Å². The number of allylic oxidation sites excluding steroid dienone is 1. The Bertz CT molecular complexity index is 986. The van der Waals surface area contributed by atoms with Crippen LogP contribution in [0.1, 0.15) is 44.6 Å². The van der Waals surface area contributed by atoms with Gasteiger partial charge in [0.2, 0.25) is 5.92 Å². The fourth-order valence-electron chi connectivity index (χ4n) is 4.57. The molecule has 172 valence electrons. The number of carbonyl (C=O) groups is 1. The molecule has 0 radical (unpaired) electrons. The SMILES string of the molecule is CC1(c2cc(NC(=O)C3C=CC(F)C=N3)ccc2F)CC2(CCC(F)(F)CC2)OC(N)=N1. The summed E-state index contributed by atoms with van der Waals surface area (Å²) in [6, 6.07) is 2.94. The van der Waals surface area contributed by atoms with E-state index in [0.29, 0.717) is 5.69 Å². The number of carbonyl (C=O) groups excluding carboxylic acids is 1. The van der Waals surface area contributed by atoms with Crippen LogP contribution in [0.15, 0.2) is 40.3 Å². The van der Waals surface area contributed by atoms with Gasteiger partial charge < -0.3 is 15.8 Å². The molecule has 0 aromatic heterocycles. The Morgan fingerprint density at radius 3 is 2.59 bits per heavy atom. The minimum absolute atomic E-state index is 0.0748. The van der Waals surface area contributed by atoms with Gasteiger partial charge in [-0.3, -0.25) is 9.79 Å². The zero-order valence-electron chi connectivity index (χ0n) is 17.5. The average molecular weight is 452 g/mol. The van der Waals surface area contributed by atoms with Gasteiger partial charge in [-0.25, -0.2) is 22.6 Å². The fraction of sp³-hybridized carbons (Fsp3) is 0.500. The van der Waals surface area contributed by atoms with Gasteiger partial charge in [0.15, 0.2) is 6.17 Å². The van der Waals surface area contributed by atoms with Crippen molar-refractivity contribution in [3.05, 3.63) is 41.7 Å². The van der Waals surface area contributed by atoms with Crippen LogP contribution in [0, 0.1) is 5.82 Å². The number of nitrogens with zero attached hydrogens (tertiary/aromatic N) is 2. The van der Waals surface area contributed by atoms with Crippen molar-refractivity contribution in [1.82, 2.24) is 0 Å². The highest BCUT2D eigenvalue weighted by atomic mass is 19.3. The number of amides is 1. The molecular weight excluding hydrogens is 428 g/mol. The number of aliphatic imine (C=N–C) groups is 2. The predicted octanol–water partition coefficient (Wildman–Crippen LogP) is 4.01. The van der Waals surface area contributed by atoms with Crippen molar-refractivity contribution in [3.8, 4) is 0 Å². The molecule has 0 bridgehead atoms. The first-order valence-electron chi connectivity index (χ1n) is 10.4. The van der Waals surface area contributed by atoms with E-state index in [1.165, 1.54) is 30.4 Å². The van der Waals surface area contributed by atoms with Crippen LogP contribution >= 0.6 is 0 Å². The van der Waals surface area contributed by atoms with Crippen LogP contribution in [0.25, 0.3) is 0 Å². The fourth-order valence-corrected chi connectivity index (χ4v) is 4.57. The smallest absolute Gasteiger partial charge is 0.283 e. The van der Waals surface area contributed by atoms with Crippen molar-refractivity contribution < 1.29 is 27.1 Å². The maximum atomic E-state index is 14.9. The minimum atomic E-state index is -2.76. The molecule has 3 N–H and O–H groups in total. The number of ether oxygens (including phenoxy) is 1. The molecule has 3 unspecified atom stereocenters. The summed E-state index contributed by atoms with van der Waals surface area (Å²) in [6.45, 7) is 1.66. The molecule has 2 heterocycles. The predicted molar refractivity (Wildman–Crippen MR) is 112 cm³/mol.